The predicted molar refractivity (Wildman–Crippen MR) is 78.7 cm³/mol. The molecule has 106 valence electrons. The first-order valence-electron chi connectivity index (χ1n) is 7.68. The predicted octanol–water partition coefficient (Wildman–Crippen LogP) is 2.99. The monoisotopic (exact) mass is 252 g/mol. The van der Waals surface area contributed by atoms with E-state index in [1.54, 1.807) is 0 Å². The Morgan fingerprint density at radius 1 is 1.11 bits per heavy atom. The minimum Gasteiger partial charge on any atom is -0.314 e. The molecular formula is C16H32N2. The Morgan fingerprint density at radius 2 is 1.61 bits per heavy atom. The van der Waals surface area contributed by atoms with E-state index in [2.05, 4.69) is 51.9 Å². The van der Waals surface area contributed by atoms with E-state index >= 15 is 0 Å². The minimum absolute atomic E-state index is 0.520. The van der Waals surface area contributed by atoms with Crippen LogP contribution in [0.5, 0.6) is 0 Å². The van der Waals surface area contributed by atoms with Gasteiger partial charge in [0.1, 0.15) is 0 Å². The summed E-state index contributed by atoms with van der Waals surface area (Å²) < 4.78 is 0. The number of rotatable bonds is 4. The molecule has 2 heteroatoms. The van der Waals surface area contributed by atoms with Crippen LogP contribution in [0.1, 0.15) is 47.5 Å². The Morgan fingerprint density at radius 3 is 2.06 bits per heavy atom. The van der Waals surface area contributed by atoms with Gasteiger partial charge < -0.3 is 10.2 Å². The van der Waals surface area contributed by atoms with Crippen LogP contribution in [-0.2, 0) is 0 Å². The number of piperidine rings is 1. The second kappa shape index (κ2) is 4.79. The molecule has 0 aromatic rings. The summed E-state index contributed by atoms with van der Waals surface area (Å²) in [5.41, 5.74) is 1.04. The number of nitrogens with zero attached hydrogens (tertiary/aromatic N) is 1. The van der Waals surface area contributed by atoms with Crippen LogP contribution >= 0.6 is 0 Å². The summed E-state index contributed by atoms with van der Waals surface area (Å²) in [7, 11) is 2.24. The molecule has 0 radical (unpaired) electrons. The number of hydrogen-bond acceptors (Lipinski definition) is 2. The molecule has 1 N–H and O–H groups in total. The Balaban J connectivity index is 1.75. The average Bonchev–Trinajstić information content (AvgIpc) is 2.67. The van der Waals surface area contributed by atoms with Gasteiger partial charge in [-0.25, -0.2) is 0 Å². The van der Waals surface area contributed by atoms with Crippen LogP contribution in [0.4, 0.5) is 0 Å². The largest absolute Gasteiger partial charge is 0.314 e. The molecule has 1 saturated heterocycles. The molecule has 2 nitrogen and oxygen atoms in total. The highest BCUT2D eigenvalue weighted by atomic mass is 15.1. The number of nitrogens with one attached hydrogen (secondary N) is 1. The lowest BCUT2D eigenvalue weighted by atomic mass is 9.90. The van der Waals surface area contributed by atoms with Gasteiger partial charge in [0.2, 0.25) is 0 Å². The normalized spacial score (nSPS) is 30.3. The van der Waals surface area contributed by atoms with Crippen LogP contribution in [0.25, 0.3) is 0 Å². The van der Waals surface area contributed by atoms with E-state index in [4.69, 9.17) is 0 Å². The van der Waals surface area contributed by atoms with Crippen molar-refractivity contribution in [1.29, 1.82) is 0 Å². The third kappa shape index (κ3) is 2.46. The molecule has 1 aliphatic carbocycles. The molecule has 2 fully saturated rings. The van der Waals surface area contributed by atoms with Gasteiger partial charge in [-0.2, -0.15) is 0 Å². The Hall–Kier alpha value is -0.0800. The van der Waals surface area contributed by atoms with E-state index < -0.39 is 0 Å². The maximum absolute atomic E-state index is 3.82. The zero-order valence-electron chi connectivity index (χ0n) is 13.2. The quantitative estimate of drug-likeness (QED) is 0.827. The van der Waals surface area contributed by atoms with Crippen molar-refractivity contribution in [2.45, 2.75) is 53.5 Å². The Bertz CT molecular complexity index is 273. The second-order valence-electron chi connectivity index (χ2n) is 7.83. The van der Waals surface area contributed by atoms with E-state index in [0.29, 0.717) is 16.9 Å². The van der Waals surface area contributed by atoms with Crippen LogP contribution < -0.4 is 5.32 Å². The second-order valence-corrected chi connectivity index (χ2v) is 7.83. The van der Waals surface area contributed by atoms with Gasteiger partial charge in [-0.05, 0) is 69.1 Å². The van der Waals surface area contributed by atoms with Gasteiger partial charge >= 0.3 is 0 Å². The zero-order valence-corrected chi connectivity index (χ0v) is 13.2. The van der Waals surface area contributed by atoms with Crippen molar-refractivity contribution in [3.63, 3.8) is 0 Å². The molecule has 0 aromatic heterocycles. The fourth-order valence-corrected chi connectivity index (χ4v) is 3.84. The first kappa shape index (κ1) is 14.3. The summed E-state index contributed by atoms with van der Waals surface area (Å²) in [6.45, 7) is 15.8. The number of likely N-dealkylation sites (tertiary alicyclic amines) is 1. The fourth-order valence-electron chi connectivity index (χ4n) is 3.84. The van der Waals surface area contributed by atoms with Crippen LogP contribution in [0.15, 0.2) is 0 Å². The summed E-state index contributed by atoms with van der Waals surface area (Å²) in [6, 6.07) is 0.686. The Kier molecular flexibility index (Phi) is 3.81. The van der Waals surface area contributed by atoms with E-state index in [1.165, 1.54) is 32.5 Å². The molecule has 1 atom stereocenters. The van der Waals surface area contributed by atoms with Crippen molar-refractivity contribution >= 4 is 0 Å². The summed E-state index contributed by atoms with van der Waals surface area (Å²) in [4.78, 5) is 2.45. The van der Waals surface area contributed by atoms with Crippen molar-refractivity contribution < 1.29 is 0 Å². The molecule has 18 heavy (non-hydrogen) atoms. The molecule has 0 spiro atoms. The summed E-state index contributed by atoms with van der Waals surface area (Å²) in [6.07, 6.45) is 2.73. The third-order valence-corrected chi connectivity index (χ3v) is 6.43. The van der Waals surface area contributed by atoms with Gasteiger partial charge in [0.25, 0.3) is 0 Å². The van der Waals surface area contributed by atoms with E-state index in [0.717, 1.165) is 11.8 Å². The van der Waals surface area contributed by atoms with Gasteiger partial charge in [0, 0.05) is 6.04 Å². The molecule has 1 saturated carbocycles. The highest BCUT2D eigenvalue weighted by Crippen LogP contribution is 2.67. The highest BCUT2D eigenvalue weighted by molar-refractivity contribution is 5.13. The van der Waals surface area contributed by atoms with Crippen LogP contribution in [-0.4, -0.2) is 37.6 Å². The van der Waals surface area contributed by atoms with Crippen molar-refractivity contribution in [1.82, 2.24) is 10.2 Å². The third-order valence-electron chi connectivity index (χ3n) is 6.43. The van der Waals surface area contributed by atoms with E-state index in [1.807, 2.05) is 0 Å². The molecule has 0 aromatic carbocycles. The summed E-state index contributed by atoms with van der Waals surface area (Å²) >= 11 is 0. The van der Waals surface area contributed by atoms with E-state index in [9.17, 15) is 0 Å². The highest BCUT2D eigenvalue weighted by Gasteiger charge is 2.63. The molecule has 1 heterocycles. The zero-order chi connectivity index (χ0) is 13.6. The Labute approximate surface area is 114 Å². The average molecular weight is 252 g/mol. The fraction of sp³-hybridized carbons (Fsp3) is 1.00. The minimum atomic E-state index is 0.520. The van der Waals surface area contributed by atoms with Gasteiger partial charge in [-0.3, -0.25) is 0 Å². The van der Waals surface area contributed by atoms with Crippen molar-refractivity contribution in [2.75, 3.05) is 26.7 Å². The summed E-state index contributed by atoms with van der Waals surface area (Å²) in [5.74, 6) is 1.73. The lowest BCUT2D eigenvalue weighted by Gasteiger charge is -2.33. The molecule has 2 aliphatic rings. The summed E-state index contributed by atoms with van der Waals surface area (Å²) in [5, 5.41) is 3.82. The molecule has 1 unspecified atom stereocenters. The SMILES string of the molecule is CC(NCC1C(C)(C)C1(C)C)C1CCN(C)CC1. The topological polar surface area (TPSA) is 15.3 Å². The maximum Gasteiger partial charge on any atom is 0.00680 e. The van der Waals surface area contributed by atoms with E-state index in [-0.39, 0.29) is 0 Å². The first-order valence-corrected chi connectivity index (χ1v) is 7.68. The standard InChI is InChI=1S/C16H32N2/c1-12(13-7-9-18(6)10-8-13)17-11-14-15(2,3)16(14,4)5/h12-14,17H,7-11H2,1-6H3. The molecule has 0 bridgehead atoms. The molecule has 2 rings (SSSR count). The molecule has 1 aliphatic heterocycles. The maximum atomic E-state index is 3.82. The van der Waals surface area contributed by atoms with Gasteiger partial charge in [-0.1, -0.05) is 27.7 Å². The van der Waals surface area contributed by atoms with Gasteiger partial charge in [-0.15, -0.1) is 0 Å². The van der Waals surface area contributed by atoms with Crippen LogP contribution in [0, 0.1) is 22.7 Å². The van der Waals surface area contributed by atoms with Crippen molar-refractivity contribution in [2.24, 2.45) is 22.7 Å². The van der Waals surface area contributed by atoms with Gasteiger partial charge in [0.05, 0.1) is 0 Å². The smallest absolute Gasteiger partial charge is 0.00680 e. The lowest BCUT2D eigenvalue weighted by Crippen LogP contribution is -2.41. The van der Waals surface area contributed by atoms with Crippen LogP contribution in [0.3, 0.4) is 0 Å². The van der Waals surface area contributed by atoms with Crippen LogP contribution in [0.2, 0.25) is 0 Å². The first-order chi connectivity index (χ1) is 8.26. The van der Waals surface area contributed by atoms with Crippen molar-refractivity contribution in [3.05, 3.63) is 0 Å². The molecule has 0 amide bonds. The van der Waals surface area contributed by atoms with Gasteiger partial charge in [0.15, 0.2) is 0 Å². The number of hydrogen-bond donors (Lipinski definition) is 1. The lowest BCUT2D eigenvalue weighted by molar-refractivity contribution is 0.188. The van der Waals surface area contributed by atoms with Crippen molar-refractivity contribution in [3.8, 4) is 0 Å². The molecular weight excluding hydrogens is 220 g/mol.